The van der Waals surface area contributed by atoms with Gasteiger partial charge in [-0.15, -0.1) is 0 Å². The van der Waals surface area contributed by atoms with Crippen molar-refractivity contribution in [2.45, 2.75) is 6.92 Å². The van der Waals surface area contributed by atoms with Gasteiger partial charge in [0.25, 0.3) is 5.69 Å². The number of hydrogen-bond acceptors (Lipinski definition) is 4. The van der Waals surface area contributed by atoms with Gasteiger partial charge in [-0.3, -0.25) is 10.1 Å². The molecule has 132 valence electrons. The number of fused-ring (bicyclic) bond motifs is 1. The van der Waals surface area contributed by atoms with Gasteiger partial charge in [0.2, 0.25) is 0 Å². The normalized spacial score (nSPS) is 13.3. The second-order valence-corrected chi connectivity index (χ2v) is 6.07. The predicted molar refractivity (Wildman–Crippen MR) is 100 cm³/mol. The van der Waals surface area contributed by atoms with E-state index in [0.717, 1.165) is 11.1 Å². The molecule has 2 amide bonds. The van der Waals surface area contributed by atoms with Crippen LogP contribution in [-0.2, 0) is 0 Å². The second kappa shape index (κ2) is 6.97. The Hall–Kier alpha value is -3.19. The SMILES string of the molecule is CNC(=O)N1N=C(c2ccc([N+](=O)[O-])cc2)c2cc(Cl)ccc2C=C1C. The minimum absolute atomic E-state index is 0.0215. The fourth-order valence-electron chi connectivity index (χ4n) is 2.64. The van der Waals surface area contributed by atoms with Crippen molar-refractivity contribution in [1.29, 1.82) is 0 Å². The molecule has 8 heteroatoms. The number of carbonyl (C=O) groups excluding carboxylic acids is 1. The lowest BCUT2D eigenvalue weighted by Gasteiger charge is -2.17. The average Bonchev–Trinajstić information content (AvgIpc) is 2.77. The quantitative estimate of drug-likeness (QED) is 0.639. The van der Waals surface area contributed by atoms with Crippen LogP contribution in [0.1, 0.15) is 23.6 Å². The maximum atomic E-state index is 12.2. The first-order chi connectivity index (χ1) is 12.4. The van der Waals surface area contributed by atoms with Gasteiger partial charge in [0.1, 0.15) is 0 Å². The van der Waals surface area contributed by atoms with Crippen molar-refractivity contribution < 1.29 is 9.72 Å². The molecule has 3 rings (SSSR count). The van der Waals surface area contributed by atoms with Gasteiger partial charge < -0.3 is 5.32 Å². The molecule has 0 radical (unpaired) electrons. The van der Waals surface area contributed by atoms with Crippen molar-refractivity contribution in [3.63, 3.8) is 0 Å². The van der Waals surface area contributed by atoms with Crippen LogP contribution in [0.5, 0.6) is 0 Å². The minimum atomic E-state index is -0.466. The maximum Gasteiger partial charge on any atom is 0.342 e. The molecule has 0 unspecified atom stereocenters. The summed E-state index contributed by atoms with van der Waals surface area (Å²) >= 11 is 6.15. The summed E-state index contributed by atoms with van der Waals surface area (Å²) in [6, 6.07) is 11.0. The molecule has 0 atom stereocenters. The number of non-ortho nitro benzene ring substituents is 1. The maximum absolute atomic E-state index is 12.2. The van der Waals surface area contributed by atoms with Gasteiger partial charge in [-0.2, -0.15) is 10.1 Å². The van der Waals surface area contributed by atoms with Crippen LogP contribution in [-0.4, -0.2) is 28.7 Å². The molecule has 1 N–H and O–H groups in total. The molecule has 2 aromatic carbocycles. The summed E-state index contributed by atoms with van der Waals surface area (Å²) in [7, 11) is 1.52. The summed E-state index contributed by atoms with van der Waals surface area (Å²) in [6.45, 7) is 1.77. The molecule has 2 aromatic rings. The van der Waals surface area contributed by atoms with Gasteiger partial charge in [-0.05, 0) is 42.8 Å². The highest BCUT2D eigenvalue weighted by Gasteiger charge is 2.22. The number of nitrogens with one attached hydrogen (secondary N) is 1. The Morgan fingerprint density at radius 1 is 1.23 bits per heavy atom. The molecule has 1 aliphatic heterocycles. The minimum Gasteiger partial charge on any atom is -0.339 e. The number of urea groups is 1. The van der Waals surface area contributed by atoms with Crippen LogP contribution in [0.25, 0.3) is 6.08 Å². The lowest BCUT2D eigenvalue weighted by atomic mass is 9.97. The Morgan fingerprint density at radius 3 is 2.54 bits per heavy atom. The Bertz CT molecular complexity index is 951. The molecule has 0 saturated carbocycles. The molecule has 0 spiro atoms. The van der Waals surface area contributed by atoms with Crippen LogP contribution in [0.3, 0.4) is 0 Å². The smallest absolute Gasteiger partial charge is 0.339 e. The van der Waals surface area contributed by atoms with Crippen LogP contribution >= 0.6 is 11.6 Å². The van der Waals surface area contributed by atoms with Gasteiger partial charge in [0.15, 0.2) is 0 Å². The molecule has 1 heterocycles. The summed E-state index contributed by atoms with van der Waals surface area (Å²) in [5.74, 6) is 0. The number of nitrogens with zero attached hydrogens (tertiary/aromatic N) is 3. The highest BCUT2D eigenvalue weighted by Crippen LogP contribution is 2.27. The molecule has 26 heavy (non-hydrogen) atoms. The number of carbonyl (C=O) groups is 1. The molecule has 0 fully saturated rings. The van der Waals surface area contributed by atoms with Crippen LogP contribution in [0.2, 0.25) is 5.02 Å². The van der Waals surface area contributed by atoms with Crippen molar-refractivity contribution in [2.75, 3.05) is 7.05 Å². The van der Waals surface area contributed by atoms with E-state index in [-0.39, 0.29) is 5.69 Å². The first kappa shape index (κ1) is 17.6. The summed E-state index contributed by atoms with van der Waals surface area (Å²) < 4.78 is 0. The van der Waals surface area contributed by atoms with Gasteiger partial charge in [0, 0.05) is 41.0 Å². The molecule has 7 nitrogen and oxygen atoms in total. The fourth-order valence-corrected chi connectivity index (χ4v) is 2.82. The number of rotatable bonds is 2. The van der Waals surface area contributed by atoms with Gasteiger partial charge in [-0.25, -0.2) is 4.79 Å². The van der Waals surface area contributed by atoms with Crippen molar-refractivity contribution in [2.24, 2.45) is 5.10 Å². The number of nitro benzene ring substituents is 1. The Labute approximate surface area is 154 Å². The van der Waals surface area contributed by atoms with E-state index in [2.05, 4.69) is 10.4 Å². The lowest BCUT2D eigenvalue weighted by Crippen LogP contribution is -2.33. The van der Waals surface area contributed by atoms with Crippen LogP contribution in [0, 0.1) is 10.1 Å². The third-order valence-corrected chi connectivity index (χ3v) is 4.16. The first-order valence-corrected chi connectivity index (χ1v) is 8.12. The van der Waals surface area contributed by atoms with E-state index >= 15 is 0 Å². The number of halogens is 1. The van der Waals surface area contributed by atoms with Crippen LogP contribution in [0.4, 0.5) is 10.5 Å². The van der Waals surface area contributed by atoms with Crippen LogP contribution < -0.4 is 5.32 Å². The summed E-state index contributed by atoms with van der Waals surface area (Å²) in [5, 5.41) is 19.7. The lowest BCUT2D eigenvalue weighted by molar-refractivity contribution is -0.384. The third-order valence-electron chi connectivity index (χ3n) is 3.93. The van der Waals surface area contributed by atoms with E-state index in [1.165, 1.54) is 24.2 Å². The number of allylic oxidation sites excluding steroid dienone is 1. The highest BCUT2D eigenvalue weighted by atomic mass is 35.5. The standard InChI is InChI=1S/C18H15ClN4O3/c1-11-9-13-3-6-14(19)10-16(13)17(21-22(11)18(24)20-2)12-4-7-15(8-5-12)23(25)26/h3-10H,1-2H3,(H,20,24). The van der Waals surface area contributed by atoms with Gasteiger partial charge in [0.05, 0.1) is 10.6 Å². The van der Waals surface area contributed by atoms with Crippen molar-refractivity contribution in [1.82, 2.24) is 10.3 Å². The van der Waals surface area contributed by atoms with E-state index in [1.54, 1.807) is 31.2 Å². The molecular weight excluding hydrogens is 356 g/mol. The van der Waals surface area contributed by atoms with Gasteiger partial charge in [-0.1, -0.05) is 17.7 Å². The van der Waals surface area contributed by atoms with E-state index in [0.29, 0.717) is 22.0 Å². The van der Waals surface area contributed by atoms with E-state index in [4.69, 9.17) is 11.6 Å². The number of amides is 2. The topological polar surface area (TPSA) is 87.8 Å². The number of hydrogen-bond donors (Lipinski definition) is 1. The number of benzene rings is 2. The summed E-state index contributed by atoms with van der Waals surface area (Å²) in [4.78, 5) is 22.7. The first-order valence-electron chi connectivity index (χ1n) is 7.74. The molecule has 0 bridgehead atoms. The summed E-state index contributed by atoms with van der Waals surface area (Å²) in [5.41, 5.74) is 3.31. The van der Waals surface area contributed by atoms with Crippen molar-refractivity contribution in [3.05, 3.63) is 80.0 Å². The second-order valence-electron chi connectivity index (χ2n) is 5.64. The predicted octanol–water partition coefficient (Wildman–Crippen LogP) is 4.02. The Balaban J connectivity index is 2.21. The number of nitro groups is 1. The number of hydrazone groups is 1. The van der Waals surface area contributed by atoms with Crippen LogP contribution in [0.15, 0.2) is 53.3 Å². The Kier molecular flexibility index (Phi) is 4.73. The zero-order chi connectivity index (χ0) is 18.8. The summed E-state index contributed by atoms with van der Waals surface area (Å²) in [6.07, 6.45) is 1.84. The molecule has 0 aliphatic carbocycles. The monoisotopic (exact) mass is 370 g/mol. The fraction of sp³-hybridized carbons (Fsp3) is 0.111. The largest absolute Gasteiger partial charge is 0.342 e. The third kappa shape index (κ3) is 3.29. The zero-order valence-corrected chi connectivity index (χ0v) is 14.8. The molecular formula is C18H15ClN4O3. The van der Waals surface area contributed by atoms with Crippen molar-refractivity contribution in [3.8, 4) is 0 Å². The average molecular weight is 371 g/mol. The molecule has 0 aromatic heterocycles. The van der Waals surface area contributed by atoms with Crippen molar-refractivity contribution >= 4 is 35.1 Å². The molecule has 1 aliphatic rings. The van der Waals surface area contributed by atoms with Gasteiger partial charge >= 0.3 is 6.03 Å². The van der Waals surface area contributed by atoms with E-state index < -0.39 is 11.0 Å². The zero-order valence-electron chi connectivity index (χ0n) is 14.1. The van der Waals surface area contributed by atoms with E-state index in [1.807, 2.05) is 12.1 Å². The Morgan fingerprint density at radius 2 is 1.92 bits per heavy atom. The van der Waals surface area contributed by atoms with E-state index in [9.17, 15) is 14.9 Å². The molecule has 0 saturated heterocycles. The highest BCUT2D eigenvalue weighted by molar-refractivity contribution is 6.31.